The van der Waals surface area contributed by atoms with Crippen LogP contribution in [0.4, 0.5) is 10.2 Å². The highest BCUT2D eigenvalue weighted by molar-refractivity contribution is 7.92. The molecule has 0 aliphatic carbocycles. The first kappa shape index (κ1) is 22.4. The highest BCUT2D eigenvalue weighted by Gasteiger charge is 2.29. The molecule has 2 atom stereocenters. The van der Waals surface area contributed by atoms with Gasteiger partial charge in [0.15, 0.2) is 11.1 Å². The topological polar surface area (TPSA) is 111 Å². The lowest BCUT2D eigenvalue weighted by atomic mass is 10.0. The van der Waals surface area contributed by atoms with Crippen LogP contribution in [-0.2, 0) is 14.8 Å². The minimum Gasteiger partial charge on any atom is -0.469 e. The summed E-state index contributed by atoms with van der Waals surface area (Å²) in [5.74, 6) is -0.448. The van der Waals surface area contributed by atoms with Crippen LogP contribution in [0.15, 0.2) is 53.6 Å². The maximum Gasteiger partial charge on any atom is 0.280 e. The van der Waals surface area contributed by atoms with Gasteiger partial charge in [-0.25, -0.2) is 9.37 Å². The van der Waals surface area contributed by atoms with E-state index in [-0.39, 0.29) is 40.7 Å². The van der Waals surface area contributed by atoms with Gasteiger partial charge in [-0.2, -0.15) is 13.4 Å². The Labute approximate surface area is 189 Å². The van der Waals surface area contributed by atoms with E-state index in [2.05, 4.69) is 14.7 Å². The van der Waals surface area contributed by atoms with Crippen LogP contribution in [-0.4, -0.2) is 48.9 Å². The highest BCUT2D eigenvalue weighted by Crippen LogP contribution is 2.31. The summed E-state index contributed by atoms with van der Waals surface area (Å²) in [5.41, 5.74) is 1.41. The van der Waals surface area contributed by atoms with Crippen LogP contribution in [0.5, 0.6) is 5.88 Å². The Morgan fingerprint density at radius 2 is 2.00 bits per heavy atom. The van der Waals surface area contributed by atoms with Crippen molar-refractivity contribution in [3.05, 3.63) is 64.9 Å². The van der Waals surface area contributed by atoms with Gasteiger partial charge in [0.25, 0.3) is 10.0 Å². The van der Waals surface area contributed by atoms with E-state index in [4.69, 9.17) is 21.1 Å². The molecule has 4 rings (SSSR count). The Balaban J connectivity index is 1.60. The molecule has 32 heavy (non-hydrogen) atoms. The van der Waals surface area contributed by atoms with E-state index in [1.165, 1.54) is 42.5 Å². The second-order valence-electron chi connectivity index (χ2n) is 7.17. The highest BCUT2D eigenvalue weighted by atomic mass is 35.5. The number of halogens is 2. The lowest BCUT2D eigenvalue weighted by Gasteiger charge is -2.15. The monoisotopic (exact) mass is 479 g/mol. The van der Waals surface area contributed by atoms with E-state index >= 15 is 0 Å². The molecule has 168 valence electrons. The molecular weight excluding hydrogens is 461 g/mol. The zero-order chi connectivity index (χ0) is 22.9. The molecule has 3 heterocycles. The second kappa shape index (κ2) is 8.99. The fraction of sp³-hybridized carbons (Fsp3) is 0.238. The van der Waals surface area contributed by atoms with E-state index in [0.29, 0.717) is 5.56 Å². The molecular formula is C21H19ClFN3O5S. The normalized spacial score (nSPS) is 18.5. The number of aliphatic hydroxyl groups excluding tert-OH is 1. The molecule has 8 nitrogen and oxygen atoms in total. The zero-order valence-corrected chi connectivity index (χ0v) is 18.4. The number of aromatic nitrogens is 2. The van der Waals surface area contributed by atoms with Gasteiger partial charge in [-0.05, 0) is 42.8 Å². The van der Waals surface area contributed by atoms with Crippen molar-refractivity contribution >= 4 is 27.4 Å². The van der Waals surface area contributed by atoms with Gasteiger partial charge in [-0.3, -0.25) is 4.72 Å². The number of sulfonamides is 1. The first-order valence-corrected chi connectivity index (χ1v) is 11.4. The SMILES string of the molecule is Cc1ccc(F)cc1-c1nc(NS(=O)(=O)c2cccc(O[C@@H]3COC[C@@H]3O)n2)ccc1Cl. The standard InChI is InChI=1S/C21H19ClFN3O5S/c1-12-5-6-13(23)9-14(12)21-15(22)7-8-18(24-21)26-32(28,29)20-4-2-3-19(25-20)31-17-11-30-10-16(17)27/h2-9,16-17,27H,10-11H2,1H3,(H,24,26)/t16-,17+/m0/s1. The molecule has 2 aromatic heterocycles. The minimum atomic E-state index is -4.13. The molecule has 1 aliphatic heterocycles. The van der Waals surface area contributed by atoms with E-state index in [9.17, 15) is 17.9 Å². The number of hydrogen-bond acceptors (Lipinski definition) is 7. The molecule has 0 spiro atoms. The third-order valence-electron chi connectivity index (χ3n) is 4.79. The summed E-state index contributed by atoms with van der Waals surface area (Å²) in [6.07, 6.45) is -1.46. The number of rotatable bonds is 6. The molecule has 1 fully saturated rings. The lowest BCUT2D eigenvalue weighted by molar-refractivity contribution is 0.0700. The average molecular weight is 480 g/mol. The van der Waals surface area contributed by atoms with Crippen molar-refractivity contribution in [1.29, 1.82) is 0 Å². The Kier molecular flexibility index (Phi) is 6.29. The predicted molar refractivity (Wildman–Crippen MR) is 116 cm³/mol. The van der Waals surface area contributed by atoms with Gasteiger partial charge < -0.3 is 14.6 Å². The molecule has 0 radical (unpaired) electrons. The first-order chi connectivity index (χ1) is 15.2. The summed E-state index contributed by atoms with van der Waals surface area (Å²) in [6.45, 7) is 2.08. The van der Waals surface area contributed by atoms with E-state index in [0.717, 1.165) is 5.56 Å². The Morgan fingerprint density at radius 1 is 1.19 bits per heavy atom. The molecule has 0 saturated carbocycles. The van der Waals surface area contributed by atoms with Crippen molar-refractivity contribution in [3.63, 3.8) is 0 Å². The van der Waals surface area contributed by atoms with E-state index < -0.39 is 28.0 Å². The quantitative estimate of drug-likeness (QED) is 0.558. The van der Waals surface area contributed by atoms with Crippen LogP contribution in [0, 0.1) is 12.7 Å². The van der Waals surface area contributed by atoms with Gasteiger partial charge in [0.2, 0.25) is 5.88 Å². The number of nitrogens with zero attached hydrogens (tertiary/aromatic N) is 2. The Bertz CT molecular complexity index is 1260. The smallest absolute Gasteiger partial charge is 0.280 e. The van der Waals surface area contributed by atoms with E-state index in [1.807, 2.05) is 0 Å². The third-order valence-corrected chi connectivity index (χ3v) is 6.35. The summed E-state index contributed by atoms with van der Waals surface area (Å²) in [6, 6.07) is 11.3. The van der Waals surface area contributed by atoms with Crippen molar-refractivity contribution in [2.45, 2.75) is 24.2 Å². The molecule has 0 unspecified atom stereocenters. The Morgan fingerprint density at radius 3 is 2.75 bits per heavy atom. The van der Waals surface area contributed by atoms with Gasteiger partial charge in [-0.1, -0.05) is 23.7 Å². The molecule has 3 aromatic rings. The summed E-state index contributed by atoms with van der Waals surface area (Å²) < 4.78 is 52.5. The summed E-state index contributed by atoms with van der Waals surface area (Å²) in [7, 11) is -4.13. The number of hydrogen-bond donors (Lipinski definition) is 2. The first-order valence-electron chi connectivity index (χ1n) is 9.58. The van der Waals surface area contributed by atoms with Gasteiger partial charge in [0.1, 0.15) is 17.7 Å². The predicted octanol–water partition coefficient (Wildman–Crippen LogP) is 3.18. The fourth-order valence-electron chi connectivity index (χ4n) is 3.13. The molecule has 1 aliphatic rings. The van der Waals surface area contributed by atoms with Crippen LogP contribution in [0.25, 0.3) is 11.3 Å². The molecule has 0 bridgehead atoms. The maximum atomic E-state index is 13.7. The van der Waals surface area contributed by atoms with Gasteiger partial charge in [0.05, 0.1) is 23.9 Å². The fourth-order valence-corrected chi connectivity index (χ4v) is 4.30. The average Bonchev–Trinajstić information content (AvgIpc) is 3.16. The zero-order valence-electron chi connectivity index (χ0n) is 16.8. The van der Waals surface area contributed by atoms with Crippen molar-refractivity contribution in [2.75, 3.05) is 17.9 Å². The third kappa shape index (κ3) is 4.83. The molecule has 0 amide bonds. The second-order valence-corrected chi connectivity index (χ2v) is 9.20. The number of benzene rings is 1. The van der Waals surface area contributed by atoms with Crippen molar-refractivity contribution in [1.82, 2.24) is 9.97 Å². The number of aliphatic hydroxyl groups is 1. The van der Waals surface area contributed by atoms with Crippen molar-refractivity contribution in [2.24, 2.45) is 0 Å². The Hall–Kier alpha value is -2.79. The van der Waals surface area contributed by atoms with Crippen LogP contribution in [0.3, 0.4) is 0 Å². The molecule has 1 aromatic carbocycles. The van der Waals surface area contributed by atoms with Crippen LogP contribution in [0.2, 0.25) is 5.02 Å². The number of ether oxygens (including phenoxy) is 2. The number of pyridine rings is 2. The van der Waals surface area contributed by atoms with Crippen molar-refractivity contribution < 1.29 is 27.4 Å². The summed E-state index contributed by atoms with van der Waals surface area (Å²) >= 11 is 6.24. The summed E-state index contributed by atoms with van der Waals surface area (Å²) in [5, 5.41) is 9.74. The maximum absolute atomic E-state index is 13.7. The van der Waals surface area contributed by atoms with Gasteiger partial charge in [-0.15, -0.1) is 0 Å². The number of nitrogens with one attached hydrogen (secondary N) is 1. The number of anilines is 1. The van der Waals surface area contributed by atoms with E-state index in [1.54, 1.807) is 13.0 Å². The molecule has 1 saturated heterocycles. The van der Waals surface area contributed by atoms with Gasteiger partial charge in [0, 0.05) is 11.6 Å². The summed E-state index contributed by atoms with van der Waals surface area (Å²) in [4.78, 5) is 8.29. The van der Waals surface area contributed by atoms with Crippen molar-refractivity contribution in [3.8, 4) is 17.1 Å². The van der Waals surface area contributed by atoms with Crippen LogP contribution in [0.1, 0.15) is 5.56 Å². The largest absolute Gasteiger partial charge is 0.469 e. The number of aryl methyl sites for hydroxylation is 1. The molecule has 2 N–H and O–H groups in total. The van der Waals surface area contributed by atoms with Crippen LogP contribution < -0.4 is 9.46 Å². The van der Waals surface area contributed by atoms with Gasteiger partial charge >= 0.3 is 0 Å². The minimum absolute atomic E-state index is 0.0132. The van der Waals surface area contributed by atoms with Crippen LogP contribution >= 0.6 is 11.6 Å². The lowest BCUT2D eigenvalue weighted by Crippen LogP contribution is -2.30. The molecule has 11 heteroatoms.